The lowest BCUT2D eigenvalue weighted by atomic mass is 10.1. The Morgan fingerprint density at radius 3 is 2.90 bits per heavy atom. The van der Waals surface area contributed by atoms with Crippen molar-refractivity contribution in [2.45, 2.75) is 26.8 Å². The number of carbonyl (C=O) groups excluding carboxylic acids is 1. The second-order valence-electron chi connectivity index (χ2n) is 5.90. The number of anilines is 1. The minimum absolute atomic E-state index is 0.0346. The molecular weight excluding hydrogens is 269 g/mol. The highest BCUT2D eigenvalue weighted by atomic mass is 19.1. The van der Waals surface area contributed by atoms with Crippen molar-refractivity contribution in [3.63, 3.8) is 0 Å². The zero-order valence-electron chi connectivity index (χ0n) is 12.8. The highest BCUT2D eigenvalue weighted by molar-refractivity contribution is 5.77. The Hall–Kier alpha value is -1.62. The van der Waals surface area contributed by atoms with Crippen LogP contribution in [0.2, 0.25) is 0 Å². The number of hydrogen-bond donors (Lipinski definition) is 2. The van der Waals surface area contributed by atoms with Gasteiger partial charge in [0.05, 0.1) is 5.69 Å². The third-order valence-corrected chi connectivity index (χ3v) is 3.55. The molecule has 0 unspecified atom stereocenters. The van der Waals surface area contributed by atoms with Crippen LogP contribution in [0, 0.1) is 11.7 Å². The Morgan fingerprint density at radius 2 is 2.19 bits per heavy atom. The Bertz CT molecular complexity index is 490. The molecule has 2 N–H and O–H groups in total. The van der Waals surface area contributed by atoms with Crippen LogP contribution in [0.15, 0.2) is 18.2 Å². The van der Waals surface area contributed by atoms with Gasteiger partial charge >= 0.3 is 0 Å². The van der Waals surface area contributed by atoms with E-state index in [1.165, 1.54) is 0 Å². The zero-order valence-corrected chi connectivity index (χ0v) is 12.8. The summed E-state index contributed by atoms with van der Waals surface area (Å²) in [5, 5.41) is 6.11. The van der Waals surface area contributed by atoms with Crippen molar-refractivity contribution in [2.24, 2.45) is 5.92 Å². The summed E-state index contributed by atoms with van der Waals surface area (Å²) in [6, 6.07) is 5.35. The van der Waals surface area contributed by atoms with Crippen LogP contribution in [-0.2, 0) is 11.3 Å². The van der Waals surface area contributed by atoms with E-state index in [4.69, 9.17) is 0 Å². The third-order valence-electron chi connectivity index (χ3n) is 3.55. The van der Waals surface area contributed by atoms with Crippen LogP contribution >= 0.6 is 0 Å². The molecule has 1 aliphatic heterocycles. The van der Waals surface area contributed by atoms with E-state index in [1.54, 1.807) is 6.07 Å². The van der Waals surface area contributed by atoms with E-state index in [2.05, 4.69) is 24.5 Å². The fraction of sp³-hybridized carbons (Fsp3) is 0.562. The van der Waals surface area contributed by atoms with Gasteiger partial charge in [0.2, 0.25) is 5.91 Å². The van der Waals surface area contributed by atoms with Gasteiger partial charge in [-0.05, 0) is 30.2 Å². The van der Waals surface area contributed by atoms with Crippen LogP contribution in [0.3, 0.4) is 0 Å². The fourth-order valence-corrected chi connectivity index (χ4v) is 2.43. The monoisotopic (exact) mass is 293 g/mol. The molecule has 0 aromatic heterocycles. The van der Waals surface area contributed by atoms with Crippen molar-refractivity contribution in [3.8, 4) is 0 Å². The minimum Gasteiger partial charge on any atom is -0.367 e. The van der Waals surface area contributed by atoms with E-state index < -0.39 is 0 Å². The van der Waals surface area contributed by atoms with Gasteiger partial charge in [-0.15, -0.1) is 0 Å². The van der Waals surface area contributed by atoms with Crippen molar-refractivity contribution in [1.29, 1.82) is 0 Å². The Balaban J connectivity index is 1.99. The molecule has 0 aliphatic carbocycles. The maximum absolute atomic E-state index is 14.3. The molecule has 0 saturated carbocycles. The van der Waals surface area contributed by atoms with Crippen LogP contribution in [0.1, 0.15) is 25.8 Å². The predicted molar refractivity (Wildman–Crippen MR) is 82.8 cm³/mol. The number of nitrogens with one attached hydrogen (secondary N) is 2. The SMILES string of the molecule is CC(C)CNCc1ccc(N2CCNC(=O)CC2)c(F)c1. The first-order valence-electron chi connectivity index (χ1n) is 7.57. The largest absolute Gasteiger partial charge is 0.367 e. The molecule has 0 atom stereocenters. The topological polar surface area (TPSA) is 44.4 Å². The first kappa shape index (κ1) is 15.8. The molecule has 21 heavy (non-hydrogen) atoms. The molecule has 1 amide bonds. The summed E-state index contributed by atoms with van der Waals surface area (Å²) in [4.78, 5) is 13.3. The van der Waals surface area contributed by atoms with Gasteiger partial charge in [-0.3, -0.25) is 4.79 Å². The molecular formula is C16H24FN3O. The molecule has 1 aliphatic rings. The molecule has 5 heteroatoms. The van der Waals surface area contributed by atoms with E-state index >= 15 is 0 Å². The highest BCUT2D eigenvalue weighted by Gasteiger charge is 2.16. The van der Waals surface area contributed by atoms with Crippen molar-refractivity contribution in [2.75, 3.05) is 31.1 Å². The lowest BCUT2D eigenvalue weighted by Crippen LogP contribution is -2.29. The second kappa shape index (κ2) is 7.41. The van der Waals surface area contributed by atoms with Crippen molar-refractivity contribution in [3.05, 3.63) is 29.6 Å². The molecule has 1 aromatic rings. The van der Waals surface area contributed by atoms with Crippen LogP contribution < -0.4 is 15.5 Å². The van der Waals surface area contributed by atoms with Gasteiger partial charge in [-0.2, -0.15) is 0 Å². The van der Waals surface area contributed by atoms with E-state index in [0.717, 1.165) is 12.1 Å². The van der Waals surface area contributed by atoms with Gasteiger partial charge in [0.15, 0.2) is 0 Å². The zero-order chi connectivity index (χ0) is 15.2. The average Bonchev–Trinajstić information content (AvgIpc) is 2.63. The third kappa shape index (κ3) is 4.70. The van der Waals surface area contributed by atoms with Gasteiger partial charge in [0.25, 0.3) is 0 Å². The van der Waals surface area contributed by atoms with Gasteiger partial charge in [0.1, 0.15) is 5.82 Å². The summed E-state index contributed by atoms with van der Waals surface area (Å²) in [7, 11) is 0. The molecule has 1 saturated heterocycles. The molecule has 116 valence electrons. The molecule has 1 aromatic carbocycles. The van der Waals surface area contributed by atoms with E-state index in [1.807, 2.05) is 17.0 Å². The van der Waals surface area contributed by atoms with Gasteiger partial charge in [-0.25, -0.2) is 4.39 Å². The lowest BCUT2D eigenvalue weighted by Gasteiger charge is -2.22. The average molecular weight is 293 g/mol. The quantitative estimate of drug-likeness (QED) is 0.871. The maximum atomic E-state index is 14.3. The first-order chi connectivity index (χ1) is 10.1. The van der Waals surface area contributed by atoms with Crippen molar-refractivity contribution < 1.29 is 9.18 Å². The number of hydrogen-bond acceptors (Lipinski definition) is 3. The number of rotatable bonds is 5. The maximum Gasteiger partial charge on any atom is 0.221 e. The van der Waals surface area contributed by atoms with Crippen LogP contribution in [0.25, 0.3) is 0 Å². The number of amides is 1. The molecule has 0 radical (unpaired) electrons. The standard InChI is InChI=1S/C16H24FN3O/c1-12(2)10-18-11-13-3-4-15(14(17)9-13)20-7-5-16(21)19-6-8-20/h3-4,9,12,18H,5-8,10-11H2,1-2H3,(H,19,21). The fourth-order valence-electron chi connectivity index (χ4n) is 2.43. The van der Waals surface area contributed by atoms with E-state index in [9.17, 15) is 9.18 Å². The normalized spacial score (nSPS) is 16.0. The Morgan fingerprint density at radius 1 is 1.38 bits per heavy atom. The van der Waals surface area contributed by atoms with Crippen molar-refractivity contribution >= 4 is 11.6 Å². The minimum atomic E-state index is -0.215. The number of halogens is 1. The number of benzene rings is 1. The van der Waals surface area contributed by atoms with E-state index in [-0.39, 0.29) is 11.7 Å². The summed E-state index contributed by atoms with van der Waals surface area (Å²) in [5.74, 6) is 0.400. The van der Waals surface area contributed by atoms with Gasteiger partial charge in [-0.1, -0.05) is 19.9 Å². The van der Waals surface area contributed by atoms with Crippen LogP contribution in [-0.4, -0.2) is 32.1 Å². The van der Waals surface area contributed by atoms with E-state index in [0.29, 0.717) is 44.2 Å². The first-order valence-corrected chi connectivity index (χ1v) is 7.57. The highest BCUT2D eigenvalue weighted by Crippen LogP contribution is 2.21. The summed E-state index contributed by atoms with van der Waals surface area (Å²) >= 11 is 0. The molecule has 4 nitrogen and oxygen atoms in total. The Kier molecular flexibility index (Phi) is 5.56. The number of carbonyl (C=O) groups is 1. The summed E-state index contributed by atoms with van der Waals surface area (Å²) in [6.07, 6.45) is 0.414. The smallest absolute Gasteiger partial charge is 0.221 e. The van der Waals surface area contributed by atoms with Gasteiger partial charge in [0, 0.05) is 32.6 Å². The van der Waals surface area contributed by atoms with Crippen LogP contribution in [0.4, 0.5) is 10.1 Å². The molecule has 0 bridgehead atoms. The summed E-state index contributed by atoms with van der Waals surface area (Å²) in [6.45, 7) is 7.66. The molecule has 2 rings (SSSR count). The second-order valence-corrected chi connectivity index (χ2v) is 5.90. The van der Waals surface area contributed by atoms with Crippen molar-refractivity contribution in [1.82, 2.24) is 10.6 Å². The van der Waals surface area contributed by atoms with Crippen LogP contribution in [0.5, 0.6) is 0 Å². The number of nitrogens with zero attached hydrogens (tertiary/aromatic N) is 1. The molecule has 1 fully saturated rings. The molecule has 0 spiro atoms. The predicted octanol–water partition coefficient (Wildman–Crippen LogP) is 1.90. The lowest BCUT2D eigenvalue weighted by molar-refractivity contribution is -0.120. The van der Waals surface area contributed by atoms with Gasteiger partial charge < -0.3 is 15.5 Å². The molecule has 1 heterocycles. The Labute approximate surface area is 125 Å². The summed E-state index contributed by atoms with van der Waals surface area (Å²) in [5.41, 5.74) is 1.53. The summed E-state index contributed by atoms with van der Waals surface area (Å²) < 4.78 is 14.3.